The molecule has 8 nitrogen and oxygen atoms in total. The van der Waals surface area contributed by atoms with Crippen LogP contribution in [0, 0.1) is 0 Å². The van der Waals surface area contributed by atoms with Crippen LogP contribution in [0.5, 0.6) is 11.8 Å². The maximum Gasteiger partial charge on any atom is 0.255 e. The fourth-order valence-corrected chi connectivity index (χ4v) is 2.93. The van der Waals surface area contributed by atoms with Gasteiger partial charge in [-0.2, -0.15) is 0 Å². The molecule has 3 heterocycles. The second-order valence-electron chi connectivity index (χ2n) is 6.58. The average molecular weight is 371 g/mol. The second-order valence-corrected chi connectivity index (χ2v) is 6.58. The molecule has 1 unspecified atom stereocenters. The summed E-state index contributed by atoms with van der Waals surface area (Å²) in [4.78, 5) is 20.6. The van der Waals surface area contributed by atoms with Crippen molar-refractivity contribution in [1.29, 1.82) is 0 Å². The molecule has 0 N–H and O–H groups in total. The lowest BCUT2D eigenvalue weighted by Gasteiger charge is -2.32. The smallest absolute Gasteiger partial charge is 0.255 e. The summed E-state index contributed by atoms with van der Waals surface area (Å²) in [5.74, 6) is 1.72. The van der Waals surface area contributed by atoms with E-state index in [9.17, 15) is 4.79 Å². The summed E-state index contributed by atoms with van der Waals surface area (Å²) in [6.07, 6.45) is 3.22. The van der Waals surface area contributed by atoms with E-state index in [0.717, 1.165) is 18.7 Å². The fraction of sp³-hybridized carbons (Fsp3) is 0.474. The summed E-state index contributed by atoms with van der Waals surface area (Å²) in [6, 6.07) is 7.13. The molecule has 0 bridgehead atoms. The molecule has 144 valence electrons. The molecular formula is C19H25N5O3. The molecule has 1 atom stereocenters. The van der Waals surface area contributed by atoms with Gasteiger partial charge < -0.3 is 19.3 Å². The molecule has 2 aromatic rings. The molecule has 0 spiro atoms. The highest BCUT2D eigenvalue weighted by molar-refractivity contribution is 5.94. The molecule has 0 radical (unpaired) electrons. The van der Waals surface area contributed by atoms with Crippen molar-refractivity contribution in [3.05, 3.63) is 36.0 Å². The standard InChI is InChI=1S/C19H25N5O3/c1-4-26-17-9-7-14(12-20-17)19(25)24-11-5-6-15(13-24)27-18-10-8-16(21-22-18)23(2)3/h7-10,12,15H,4-6,11,13H2,1-3H3. The van der Waals surface area contributed by atoms with E-state index >= 15 is 0 Å². The zero-order valence-corrected chi connectivity index (χ0v) is 16.0. The molecule has 1 aliphatic rings. The Bertz CT molecular complexity index is 749. The summed E-state index contributed by atoms with van der Waals surface area (Å²) in [5.41, 5.74) is 0.550. The van der Waals surface area contributed by atoms with Crippen LogP contribution in [0.1, 0.15) is 30.1 Å². The molecule has 3 rings (SSSR count). The van der Waals surface area contributed by atoms with Gasteiger partial charge in [0.25, 0.3) is 5.91 Å². The van der Waals surface area contributed by atoms with Crippen LogP contribution in [0.2, 0.25) is 0 Å². The number of aromatic nitrogens is 3. The molecule has 0 saturated carbocycles. The fourth-order valence-electron chi connectivity index (χ4n) is 2.93. The number of piperidine rings is 1. The lowest BCUT2D eigenvalue weighted by molar-refractivity contribution is 0.0525. The molecule has 27 heavy (non-hydrogen) atoms. The molecule has 1 amide bonds. The van der Waals surface area contributed by atoms with Gasteiger partial charge in [0.05, 0.1) is 18.7 Å². The number of ether oxygens (including phenoxy) is 2. The number of carbonyl (C=O) groups excluding carboxylic acids is 1. The van der Waals surface area contributed by atoms with E-state index in [-0.39, 0.29) is 12.0 Å². The number of hydrogen-bond donors (Lipinski definition) is 0. The lowest BCUT2D eigenvalue weighted by atomic mass is 10.1. The van der Waals surface area contributed by atoms with Gasteiger partial charge >= 0.3 is 0 Å². The minimum atomic E-state index is -0.0992. The number of rotatable bonds is 6. The minimum Gasteiger partial charge on any atom is -0.478 e. The number of pyridine rings is 1. The molecular weight excluding hydrogens is 346 g/mol. The number of nitrogens with zero attached hydrogens (tertiary/aromatic N) is 5. The van der Waals surface area contributed by atoms with Crippen molar-refractivity contribution >= 4 is 11.7 Å². The van der Waals surface area contributed by atoms with Gasteiger partial charge in [0.15, 0.2) is 5.82 Å². The van der Waals surface area contributed by atoms with Crippen molar-refractivity contribution in [2.75, 3.05) is 38.7 Å². The molecule has 1 fully saturated rings. The Kier molecular flexibility index (Phi) is 6.05. The number of amides is 1. The summed E-state index contributed by atoms with van der Waals surface area (Å²) in [7, 11) is 3.82. The number of anilines is 1. The van der Waals surface area contributed by atoms with E-state index < -0.39 is 0 Å². The highest BCUT2D eigenvalue weighted by Gasteiger charge is 2.26. The van der Waals surface area contributed by atoms with Crippen molar-refractivity contribution in [2.24, 2.45) is 0 Å². The van der Waals surface area contributed by atoms with Crippen molar-refractivity contribution in [3.63, 3.8) is 0 Å². The van der Waals surface area contributed by atoms with E-state index in [1.54, 1.807) is 29.3 Å². The molecule has 1 aliphatic heterocycles. The first kappa shape index (κ1) is 18.9. The third kappa shape index (κ3) is 4.84. The van der Waals surface area contributed by atoms with Crippen LogP contribution in [-0.4, -0.2) is 65.9 Å². The Labute approximate surface area is 159 Å². The summed E-state index contributed by atoms with van der Waals surface area (Å²) >= 11 is 0. The third-order valence-electron chi connectivity index (χ3n) is 4.31. The molecule has 1 saturated heterocycles. The van der Waals surface area contributed by atoms with Crippen molar-refractivity contribution in [1.82, 2.24) is 20.1 Å². The van der Waals surface area contributed by atoms with Gasteiger partial charge in [-0.15, -0.1) is 10.2 Å². The molecule has 8 heteroatoms. The maximum atomic E-state index is 12.7. The van der Waals surface area contributed by atoms with E-state index in [2.05, 4.69) is 15.2 Å². The topological polar surface area (TPSA) is 80.7 Å². The predicted molar refractivity (Wildman–Crippen MR) is 101 cm³/mol. The molecule has 2 aromatic heterocycles. The number of likely N-dealkylation sites (tertiary alicyclic amines) is 1. The normalized spacial score (nSPS) is 16.7. The minimum absolute atomic E-state index is 0.0483. The van der Waals surface area contributed by atoms with Crippen molar-refractivity contribution in [3.8, 4) is 11.8 Å². The van der Waals surface area contributed by atoms with Crippen molar-refractivity contribution in [2.45, 2.75) is 25.9 Å². The van der Waals surface area contributed by atoms with Gasteiger partial charge in [-0.3, -0.25) is 4.79 Å². The van der Waals surface area contributed by atoms with E-state index in [4.69, 9.17) is 9.47 Å². The SMILES string of the molecule is CCOc1ccc(C(=O)N2CCCC(Oc3ccc(N(C)C)nn3)C2)cn1. The van der Waals surface area contributed by atoms with Crippen LogP contribution in [0.3, 0.4) is 0 Å². The van der Waals surface area contributed by atoms with Gasteiger partial charge in [0.2, 0.25) is 11.8 Å². The first-order valence-electron chi connectivity index (χ1n) is 9.12. The Morgan fingerprint density at radius 1 is 1.22 bits per heavy atom. The summed E-state index contributed by atoms with van der Waals surface area (Å²) < 4.78 is 11.3. The monoisotopic (exact) mass is 371 g/mol. The van der Waals surface area contributed by atoms with Crippen LogP contribution < -0.4 is 14.4 Å². The van der Waals surface area contributed by atoms with E-state index in [1.165, 1.54) is 0 Å². The first-order chi connectivity index (χ1) is 13.1. The zero-order chi connectivity index (χ0) is 19.2. The largest absolute Gasteiger partial charge is 0.478 e. The quantitative estimate of drug-likeness (QED) is 0.768. The van der Waals surface area contributed by atoms with Gasteiger partial charge in [-0.05, 0) is 31.9 Å². The number of carbonyl (C=O) groups is 1. The van der Waals surface area contributed by atoms with Gasteiger partial charge in [-0.1, -0.05) is 0 Å². The first-order valence-corrected chi connectivity index (χ1v) is 9.12. The number of hydrogen-bond acceptors (Lipinski definition) is 7. The highest BCUT2D eigenvalue weighted by Crippen LogP contribution is 2.19. The summed E-state index contributed by atoms with van der Waals surface area (Å²) in [6.45, 7) is 3.66. The lowest BCUT2D eigenvalue weighted by Crippen LogP contribution is -2.44. The van der Waals surface area contributed by atoms with Crippen LogP contribution in [0.15, 0.2) is 30.5 Å². The van der Waals surface area contributed by atoms with E-state index in [1.807, 2.05) is 32.0 Å². The maximum absolute atomic E-state index is 12.7. The third-order valence-corrected chi connectivity index (χ3v) is 4.31. The van der Waals surface area contributed by atoms with Crippen LogP contribution in [-0.2, 0) is 0 Å². The highest BCUT2D eigenvalue weighted by atomic mass is 16.5. The summed E-state index contributed by atoms with van der Waals surface area (Å²) in [5, 5.41) is 8.23. The van der Waals surface area contributed by atoms with Gasteiger partial charge in [0, 0.05) is 39.0 Å². The van der Waals surface area contributed by atoms with Crippen LogP contribution >= 0.6 is 0 Å². The van der Waals surface area contributed by atoms with Crippen LogP contribution in [0.4, 0.5) is 5.82 Å². The Hall–Kier alpha value is -2.90. The van der Waals surface area contributed by atoms with Crippen molar-refractivity contribution < 1.29 is 14.3 Å². The molecule has 0 aliphatic carbocycles. The van der Waals surface area contributed by atoms with E-state index in [0.29, 0.717) is 37.0 Å². The Balaban J connectivity index is 1.60. The average Bonchev–Trinajstić information content (AvgIpc) is 2.69. The van der Waals surface area contributed by atoms with Gasteiger partial charge in [-0.25, -0.2) is 4.98 Å². The Morgan fingerprint density at radius 3 is 2.67 bits per heavy atom. The predicted octanol–water partition coefficient (Wildman–Crippen LogP) is 2.02. The zero-order valence-electron chi connectivity index (χ0n) is 16.0. The van der Waals surface area contributed by atoms with Gasteiger partial charge in [0.1, 0.15) is 6.10 Å². The molecule has 0 aromatic carbocycles. The Morgan fingerprint density at radius 2 is 2.04 bits per heavy atom. The van der Waals surface area contributed by atoms with Crippen LogP contribution in [0.25, 0.3) is 0 Å². The second kappa shape index (κ2) is 8.66.